The molecule has 2 aromatic carbocycles. The molecule has 0 spiro atoms. The Labute approximate surface area is 161 Å². The molecule has 1 N–H and O–H groups in total. The van der Waals surface area contributed by atoms with Gasteiger partial charge in [0, 0.05) is 11.8 Å². The Morgan fingerprint density at radius 2 is 2.04 bits per heavy atom. The highest BCUT2D eigenvalue weighted by Crippen LogP contribution is 2.28. The molecule has 1 heterocycles. The molecule has 0 bridgehead atoms. The van der Waals surface area contributed by atoms with Crippen molar-refractivity contribution in [2.45, 2.75) is 38.7 Å². The summed E-state index contributed by atoms with van der Waals surface area (Å²) in [5.74, 6) is 0. The van der Waals surface area contributed by atoms with Gasteiger partial charge in [-0.2, -0.15) is 0 Å². The van der Waals surface area contributed by atoms with Crippen LogP contribution in [0.25, 0.3) is 28.1 Å². The predicted molar refractivity (Wildman–Crippen MR) is 116 cm³/mol. The van der Waals surface area contributed by atoms with Gasteiger partial charge in [-0.15, -0.1) is 6.58 Å². The molecule has 0 amide bonds. The number of benzene rings is 2. The SMILES string of the molecule is C=CCc1ccc(-c2cccc3cc(C=CCCCC(C)O)ccc23)nc1. The number of allylic oxidation sites excluding steroid dienone is 2. The Morgan fingerprint density at radius 1 is 1.15 bits per heavy atom. The molecule has 0 aliphatic rings. The van der Waals surface area contributed by atoms with E-state index in [9.17, 15) is 5.11 Å². The van der Waals surface area contributed by atoms with Crippen molar-refractivity contribution in [3.05, 3.63) is 84.6 Å². The number of rotatable bonds is 8. The second-order valence-electron chi connectivity index (χ2n) is 7.01. The smallest absolute Gasteiger partial charge is 0.0708 e. The first-order valence-corrected chi connectivity index (χ1v) is 9.61. The lowest BCUT2D eigenvalue weighted by Gasteiger charge is -2.08. The second-order valence-corrected chi connectivity index (χ2v) is 7.01. The molecule has 27 heavy (non-hydrogen) atoms. The number of hydrogen-bond acceptors (Lipinski definition) is 2. The normalized spacial score (nSPS) is 12.5. The van der Waals surface area contributed by atoms with Gasteiger partial charge in [-0.3, -0.25) is 4.98 Å². The third kappa shape index (κ3) is 5.15. The zero-order valence-corrected chi connectivity index (χ0v) is 15.9. The van der Waals surface area contributed by atoms with Gasteiger partial charge in [-0.05, 0) is 66.6 Å². The van der Waals surface area contributed by atoms with Gasteiger partial charge in [0.25, 0.3) is 0 Å². The van der Waals surface area contributed by atoms with E-state index in [1.165, 1.54) is 21.9 Å². The van der Waals surface area contributed by atoms with Gasteiger partial charge in [0.1, 0.15) is 0 Å². The monoisotopic (exact) mass is 357 g/mol. The number of aromatic nitrogens is 1. The molecular formula is C25H27NO. The Morgan fingerprint density at radius 3 is 2.78 bits per heavy atom. The van der Waals surface area contributed by atoms with E-state index in [0.717, 1.165) is 36.9 Å². The molecule has 0 saturated heterocycles. The lowest BCUT2D eigenvalue weighted by molar-refractivity contribution is 0.182. The Hall–Kier alpha value is -2.71. The molecule has 2 nitrogen and oxygen atoms in total. The van der Waals surface area contributed by atoms with Crippen molar-refractivity contribution in [2.75, 3.05) is 0 Å². The molecule has 1 atom stereocenters. The van der Waals surface area contributed by atoms with Gasteiger partial charge in [-0.1, -0.05) is 54.6 Å². The molecule has 0 fully saturated rings. The average molecular weight is 357 g/mol. The Balaban J connectivity index is 1.80. The zero-order chi connectivity index (χ0) is 19.1. The number of aliphatic hydroxyl groups excluding tert-OH is 1. The van der Waals surface area contributed by atoms with E-state index in [4.69, 9.17) is 0 Å². The fourth-order valence-electron chi connectivity index (χ4n) is 3.25. The second kappa shape index (κ2) is 9.29. The lowest BCUT2D eigenvalue weighted by Crippen LogP contribution is -1.97. The lowest BCUT2D eigenvalue weighted by atomic mass is 9.99. The molecule has 1 unspecified atom stereocenters. The highest BCUT2D eigenvalue weighted by Gasteiger charge is 2.05. The van der Waals surface area contributed by atoms with Gasteiger partial charge >= 0.3 is 0 Å². The summed E-state index contributed by atoms with van der Waals surface area (Å²) < 4.78 is 0. The average Bonchev–Trinajstić information content (AvgIpc) is 2.68. The minimum absolute atomic E-state index is 0.211. The first-order valence-electron chi connectivity index (χ1n) is 9.61. The highest BCUT2D eigenvalue weighted by atomic mass is 16.3. The topological polar surface area (TPSA) is 33.1 Å². The van der Waals surface area contributed by atoms with Crippen LogP contribution in [0.5, 0.6) is 0 Å². The number of unbranched alkanes of at least 4 members (excludes halogenated alkanes) is 1. The summed E-state index contributed by atoms with van der Waals surface area (Å²) in [6.07, 6.45) is 11.7. The van der Waals surface area contributed by atoms with Crippen LogP contribution in [0.15, 0.2) is 73.5 Å². The molecule has 2 heteroatoms. The third-order valence-electron chi connectivity index (χ3n) is 4.69. The van der Waals surface area contributed by atoms with Gasteiger partial charge in [0.05, 0.1) is 11.8 Å². The van der Waals surface area contributed by atoms with Crippen molar-refractivity contribution >= 4 is 16.8 Å². The summed E-state index contributed by atoms with van der Waals surface area (Å²) in [4.78, 5) is 4.64. The van der Waals surface area contributed by atoms with Crippen molar-refractivity contribution in [3.8, 4) is 11.3 Å². The fraction of sp³-hybridized carbons (Fsp3) is 0.240. The van der Waals surface area contributed by atoms with Crippen LogP contribution in [-0.4, -0.2) is 16.2 Å². The van der Waals surface area contributed by atoms with E-state index in [-0.39, 0.29) is 6.10 Å². The largest absolute Gasteiger partial charge is 0.393 e. The first kappa shape index (κ1) is 19.1. The van der Waals surface area contributed by atoms with E-state index in [2.05, 4.69) is 72.2 Å². The van der Waals surface area contributed by atoms with E-state index in [1.54, 1.807) is 0 Å². The standard InChI is InChI=1S/C25H27NO/c1-3-8-21-14-16-25(26-18-21)24-12-7-11-22-17-20(13-15-23(22)24)10-6-4-5-9-19(2)27/h3,6-7,10-19,27H,1,4-5,8-9H2,2H3. The summed E-state index contributed by atoms with van der Waals surface area (Å²) >= 11 is 0. The van der Waals surface area contributed by atoms with Crippen LogP contribution in [0, 0.1) is 0 Å². The van der Waals surface area contributed by atoms with Crippen molar-refractivity contribution < 1.29 is 5.11 Å². The van der Waals surface area contributed by atoms with Gasteiger partial charge in [0.2, 0.25) is 0 Å². The Bertz CT molecular complexity index is 923. The van der Waals surface area contributed by atoms with Crippen LogP contribution < -0.4 is 0 Å². The quantitative estimate of drug-likeness (QED) is 0.385. The number of aliphatic hydroxyl groups is 1. The number of nitrogens with zero attached hydrogens (tertiary/aromatic N) is 1. The summed E-state index contributed by atoms with van der Waals surface area (Å²) in [7, 11) is 0. The summed E-state index contributed by atoms with van der Waals surface area (Å²) in [6.45, 7) is 5.62. The predicted octanol–water partition coefficient (Wildman–Crippen LogP) is 6.19. The van der Waals surface area contributed by atoms with Crippen molar-refractivity contribution in [1.82, 2.24) is 4.98 Å². The summed E-state index contributed by atoms with van der Waals surface area (Å²) in [5.41, 5.74) is 4.53. The molecule has 0 saturated carbocycles. The summed E-state index contributed by atoms with van der Waals surface area (Å²) in [6, 6.07) is 17.1. The minimum atomic E-state index is -0.211. The van der Waals surface area contributed by atoms with Crippen LogP contribution in [0.2, 0.25) is 0 Å². The maximum Gasteiger partial charge on any atom is 0.0708 e. The molecule has 3 rings (SSSR count). The summed E-state index contributed by atoms with van der Waals surface area (Å²) in [5, 5.41) is 11.7. The van der Waals surface area contributed by atoms with Crippen LogP contribution in [0.4, 0.5) is 0 Å². The van der Waals surface area contributed by atoms with Gasteiger partial charge in [-0.25, -0.2) is 0 Å². The van der Waals surface area contributed by atoms with E-state index in [1.807, 2.05) is 19.2 Å². The Kier molecular flexibility index (Phi) is 6.56. The molecule has 0 radical (unpaired) electrons. The first-order chi connectivity index (χ1) is 13.2. The fourth-order valence-corrected chi connectivity index (χ4v) is 3.25. The van der Waals surface area contributed by atoms with Gasteiger partial charge < -0.3 is 5.11 Å². The molecule has 0 aliphatic carbocycles. The van der Waals surface area contributed by atoms with Crippen LogP contribution in [0.3, 0.4) is 0 Å². The van der Waals surface area contributed by atoms with Crippen LogP contribution in [-0.2, 0) is 6.42 Å². The third-order valence-corrected chi connectivity index (χ3v) is 4.69. The minimum Gasteiger partial charge on any atom is -0.393 e. The zero-order valence-electron chi connectivity index (χ0n) is 15.9. The number of pyridine rings is 1. The van der Waals surface area contributed by atoms with E-state index < -0.39 is 0 Å². The van der Waals surface area contributed by atoms with Crippen molar-refractivity contribution in [3.63, 3.8) is 0 Å². The molecule has 138 valence electrons. The molecule has 1 aromatic heterocycles. The van der Waals surface area contributed by atoms with Crippen LogP contribution in [0.1, 0.15) is 37.3 Å². The molecule has 3 aromatic rings. The molecule has 0 aliphatic heterocycles. The van der Waals surface area contributed by atoms with E-state index in [0.29, 0.717) is 0 Å². The molecular weight excluding hydrogens is 330 g/mol. The van der Waals surface area contributed by atoms with Gasteiger partial charge in [0.15, 0.2) is 0 Å². The maximum absolute atomic E-state index is 9.32. The van der Waals surface area contributed by atoms with E-state index >= 15 is 0 Å². The van der Waals surface area contributed by atoms with Crippen LogP contribution >= 0.6 is 0 Å². The van der Waals surface area contributed by atoms with Crippen molar-refractivity contribution in [2.24, 2.45) is 0 Å². The number of hydrogen-bond donors (Lipinski definition) is 1. The number of fused-ring (bicyclic) bond motifs is 1. The maximum atomic E-state index is 9.32. The van der Waals surface area contributed by atoms with Crippen molar-refractivity contribution in [1.29, 1.82) is 0 Å². The highest BCUT2D eigenvalue weighted by molar-refractivity contribution is 5.96.